The molecule has 0 unspecified atom stereocenters. The van der Waals surface area contributed by atoms with Crippen molar-refractivity contribution in [1.29, 1.82) is 0 Å². The van der Waals surface area contributed by atoms with Crippen molar-refractivity contribution in [2.24, 2.45) is 0 Å². The number of ether oxygens (including phenoxy) is 3. The van der Waals surface area contributed by atoms with E-state index in [4.69, 9.17) is 14.2 Å². The van der Waals surface area contributed by atoms with E-state index >= 15 is 0 Å². The van der Waals surface area contributed by atoms with Gasteiger partial charge in [-0.25, -0.2) is 4.79 Å². The molecule has 0 spiro atoms. The molecule has 0 aromatic heterocycles. The van der Waals surface area contributed by atoms with Crippen LogP contribution in [0.4, 0.5) is 0 Å². The molecule has 116 valence electrons. The van der Waals surface area contributed by atoms with E-state index in [1.165, 1.54) is 0 Å². The first-order chi connectivity index (χ1) is 11.2. The van der Waals surface area contributed by atoms with Crippen LogP contribution in [0.3, 0.4) is 0 Å². The molecule has 2 aromatic carbocycles. The third-order valence-electron chi connectivity index (χ3n) is 3.53. The topological polar surface area (TPSA) is 44.8 Å². The van der Waals surface area contributed by atoms with Crippen molar-refractivity contribution >= 4 is 17.8 Å². The maximum atomic E-state index is 12.1. The van der Waals surface area contributed by atoms with Crippen LogP contribution in [0.25, 0.3) is 11.8 Å². The Kier molecular flexibility index (Phi) is 4.15. The van der Waals surface area contributed by atoms with Gasteiger partial charge in [-0.2, -0.15) is 0 Å². The number of esters is 1. The summed E-state index contributed by atoms with van der Waals surface area (Å²) >= 11 is 0. The zero-order valence-electron chi connectivity index (χ0n) is 12.9. The monoisotopic (exact) mass is 308 g/mol. The van der Waals surface area contributed by atoms with E-state index in [1.54, 1.807) is 32.4 Å². The number of benzene rings is 2. The van der Waals surface area contributed by atoms with Crippen molar-refractivity contribution in [2.45, 2.75) is 0 Å². The van der Waals surface area contributed by atoms with Crippen molar-refractivity contribution in [3.8, 4) is 11.5 Å². The maximum Gasteiger partial charge on any atom is 0.343 e. The van der Waals surface area contributed by atoms with Crippen LogP contribution >= 0.6 is 0 Å². The molecule has 0 amide bonds. The lowest BCUT2D eigenvalue weighted by Gasteiger charge is -2.10. The first-order valence-corrected chi connectivity index (χ1v) is 7.15. The number of hydrogen-bond donors (Lipinski definition) is 0. The molecule has 0 radical (unpaired) electrons. The molecule has 1 aliphatic heterocycles. The number of rotatable bonds is 4. The molecule has 0 atom stereocenters. The van der Waals surface area contributed by atoms with E-state index in [2.05, 4.69) is 0 Å². The summed E-state index contributed by atoms with van der Waals surface area (Å²) in [6.07, 6.45) is 3.47. The summed E-state index contributed by atoms with van der Waals surface area (Å²) in [5.41, 5.74) is 2.08. The van der Waals surface area contributed by atoms with Crippen molar-refractivity contribution in [3.63, 3.8) is 0 Å². The molecular formula is C19H16O4. The van der Waals surface area contributed by atoms with Crippen LogP contribution in [0.5, 0.6) is 11.5 Å². The van der Waals surface area contributed by atoms with Crippen LogP contribution in [-0.4, -0.2) is 20.2 Å². The van der Waals surface area contributed by atoms with Gasteiger partial charge in [0.1, 0.15) is 5.76 Å². The third-order valence-corrected chi connectivity index (χ3v) is 3.53. The van der Waals surface area contributed by atoms with E-state index in [0.717, 1.165) is 11.1 Å². The van der Waals surface area contributed by atoms with Gasteiger partial charge >= 0.3 is 5.97 Å². The highest BCUT2D eigenvalue weighted by atomic mass is 16.5. The van der Waals surface area contributed by atoms with Crippen LogP contribution in [0, 0.1) is 0 Å². The Morgan fingerprint density at radius 2 is 1.74 bits per heavy atom. The second-order valence-electron chi connectivity index (χ2n) is 4.95. The van der Waals surface area contributed by atoms with Gasteiger partial charge in [-0.1, -0.05) is 42.5 Å². The SMILES string of the molecule is COc1cccc(/C=C2/C=C(c3ccccc3)OC2=O)c1OC. The first-order valence-electron chi connectivity index (χ1n) is 7.15. The summed E-state index contributed by atoms with van der Waals surface area (Å²) < 4.78 is 16.0. The van der Waals surface area contributed by atoms with Gasteiger partial charge in [-0.05, 0) is 18.2 Å². The molecule has 0 saturated carbocycles. The minimum atomic E-state index is -0.381. The lowest BCUT2D eigenvalue weighted by atomic mass is 10.1. The van der Waals surface area contributed by atoms with Crippen molar-refractivity contribution in [3.05, 3.63) is 71.3 Å². The maximum absolute atomic E-state index is 12.1. The summed E-state index contributed by atoms with van der Waals surface area (Å²) in [7, 11) is 3.14. The molecule has 0 aliphatic carbocycles. The Balaban J connectivity index is 2.00. The number of hydrogen-bond acceptors (Lipinski definition) is 4. The predicted molar refractivity (Wildman–Crippen MR) is 88.0 cm³/mol. The molecule has 4 heteroatoms. The average molecular weight is 308 g/mol. The highest BCUT2D eigenvalue weighted by molar-refractivity contribution is 6.05. The molecule has 0 saturated heterocycles. The molecule has 3 rings (SSSR count). The molecule has 1 aliphatic rings. The van der Waals surface area contributed by atoms with Gasteiger partial charge in [0.05, 0.1) is 19.8 Å². The standard InChI is InChI=1S/C19H16O4/c1-21-16-10-6-9-14(18(16)22-2)11-15-12-17(23-19(15)20)13-7-4-3-5-8-13/h3-12H,1-2H3/b15-11-. The zero-order valence-corrected chi connectivity index (χ0v) is 12.9. The molecule has 0 fully saturated rings. The molecule has 2 aromatic rings. The van der Waals surface area contributed by atoms with E-state index < -0.39 is 0 Å². The van der Waals surface area contributed by atoms with Gasteiger partial charge < -0.3 is 14.2 Å². The lowest BCUT2D eigenvalue weighted by Crippen LogP contribution is -1.98. The highest BCUT2D eigenvalue weighted by Crippen LogP contribution is 2.34. The largest absolute Gasteiger partial charge is 0.493 e. The normalized spacial score (nSPS) is 15.3. The fourth-order valence-corrected chi connectivity index (χ4v) is 2.43. The summed E-state index contributed by atoms with van der Waals surface area (Å²) in [6, 6.07) is 15.0. The number of carbonyl (C=O) groups is 1. The fourth-order valence-electron chi connectivity index (χ4n) is 2.43. The van der Waals surface area contributed by atoms with Crippen LogP contribution in [0.2, 0.25) is 0 Å². The summed E-state index contributed by atoms with van der Waals surface area (Å²) in [6.45, 7) is 0. The lowest BCUT2D eigenvalue weighted by molar-refractivity contribution is -0.130. The van der Waals surface area contributed by atoms with Crippen LogP contribution in [0.15, 0.2) is 60.2 Å². The van der Waals surface area contributed by atoms with Gasteiger partial charge in [0.2, 0.25) is 0 Å². The average Bonchev–Trinajstić information content (AvgIpc) is 2.96. The second kappa shape index (κ2) is 6.40. The molecule has 23 heavy (non-hydrogen) atoms. The number of carbonyl (C=O) groups excluding carboxylic acids is 1. The van der Waals surface area contributed by atoms with E-state index in [0.29, 0.717) is 22.8 Å². The highest BCUT2D eigenvalue weighted by Gasteiger charge is 2.22. The van der Waals surface area contributed by atoms with E-state index in [9.17, 15) is 4.79 Å². The van der Waals surface area contributed by atoms with Crippen LogP contribution in [-0.2, 0) is 9.53 Å². The molecule has 4 nitrogen and oxygen atoms in total. The minimum absolute atomic E-state index is 0.381. The Morgan fingerprint density at radius 1 is 0.957 bits per heavy atom. The van der Waals surface area contributed by atoms with Crippen LogP contribution < -0.4 is 9.47 Å². The number of para-hydroxylation sites is 1. The Hall–Kier alpha value is -3.01. The fraction of sp³-hybridized carbons (Fsp3) is 0.105. The van der Waals surface area contributed by atoms with Crippen molar-refractivity contribution in [2.75, 3.05) is 14.2 Å². The van der Waals surface area contributed by atoms with E-state index in [1.807, 2.05) is 42.5 Å². The molecular weight excluding hydrogens is 292 g/mol. The summed E-state index contributed by atoms with van der Waals surface area (Å²) in [5.74, 6) is 1.36. The molecule has 0 N–H and O–H groups in total. The van der Waals surface area contributed by atoms with E-state index in [-0.39, 0.29) is 5.97 Å². The minimum Gasteiger partial charge on any atom is -0.493 e. The third kappa shape index (κ3) is 2.97. The Bertz CT molecular complexity index is 788. The second-order valence-corrected chi connectivity index (χ2v) is 4.95. The predicted octanol–water partition coefficient (Wildman–Crippen LogP) is 3.69. The number of cyclic esters (lactones) is 1. The quantitative estimate of drug-likeness (QED) is 0.638. The summed E-state index contributed by atoms with van der Waals surface area (Å²) in [4.78, 5) is 12.1. The smallest absolute Gasteiger partial charge is 0.343 e. The van der Waals surface area contributed by atoms with Gasteiger partial charge in [0.15, 0.2) is 11.5 Å². The van der Waals surface area contributed by atoms with Gasteiger partial charge in [-0.15, -0.1) is 0 Å². The molecule has 1 heterocycles. The first kappa shape index (κ1) is 14.9. The number of methoxy groups -OCH3 is 2. The summed E-state index contributed by atoms with van der Waals surface area (Å²) in [5, 5.41) is 0. The van der Waals surface area contributed by atoms with Gasteiger partial charge in [-0.3, -0.25) is 0 Å². The van der Waals surface area contributed by atoms with Crippen molar-refractivity contribution in [1.82, 2.24) is 0 Å². The van der Waals surface area contributed by atoms with Gasteiger partial charge in [0, 0.05) is 11.1 Å². The van der Waals surface area contributed by atoms with Crippen molar-refractivity contribution < 1.29 is 19.0 Å². The Labute approximate surface area is 134 Å². The van der Waals surface area contributed by atoms with Crippen LogP contribution in [0.1, 0.15) is 11.1 Å². The van der Waals surface area contributed by atoms with Gasteiger partial charge in [0.25, 0.3) is 0 Å². The Morgan fingerprint density at radius 3 is 2.43 bits per heavy atom. The zero-order chi connectivity index (χ0) is 16.2. The molecule has 0 bridgehead atoms.